The van der Waals surface area contributed by atoms with Crippen LogP contribution in [0.2, 0.25) is 0 Å². The Bertz CT molecular complexity index is 4160. The molecule has 0 bridgehead atoms. The summed E-state index contributed by atoms with van der Waals surface area (Å²) in [5.74, 6) is 0. The number of anilines is 3. The zero-order chi connectivity index (χ0) is 88.1. The number of hydrogen-bond donors (Lipinski definition) is 0. The van der Waals surface area contributed by atoms with Gasteiger partial charge >= 0.3 is 14.2 Å². The van der Waals surface area contributed by atoms with E-state index in [1.165, 1.54) is 228 Å². The molecule has 2 aliphatic carbocycles. The number of rotatable bonds is 45. The van der Waals surface area contributed by atoms with Crippen molar-refractivity contribution in [3.63, 3.8) is 0 Å². The van der Waals surface area contributed by atoms with E-state index in [0.29, 0.717) is 12.0 Å². The second-order valence-electron chi connectivity index (χ2n) is 37.7. The van der Waals surface area contributed by atoms with Crippen LogP contribution in [0.5, 0.6) is 0 Å². The molecule has 0 unspecified atom stereocenters. The minimum Gasteiger partial charge on any atom is -0.399 e. The van der Waals surface area contributed by atoms with Gasteiger partial charge in [-0.05, 0) is 271 Å². The fourth-order valence-electron chi connectivity index (χ4n) is 18.2. The highest BCUT2D eigenvalue weighted by molar-refractivity contribution is 9.11. The van der Waals surface area contributed by atoms with Crippen LogP contribution in [0, 0.1) is 5.41 Å². The molecule has 0 atom stereocenters. The summed E-state index contributed by atoms with van der Waals surface area (Å²) in [6.45, 7) is 33.6. The molecule has 123 heavy (non-hydrogen) atoms. The van der Waals surface area contributed by atoms with Crippen LogP contribution in [0.15, 0.2) is 197 Å². The van der Waals surface area contributed by atoms with Gasteiger partial charge < -0.3 is 37.7 Å². The average molecular weight is 2060 g/mol. The lowest BCUT2D eigenvalue weighted by Gasteiger charge is -2.40. The van der Waals surface area contributed by atoms with Gasteiger partial charge in [0.2, 0.25) is 0 Å². The normalized spacial score (nSPS) is 16.6. The fraction of sp³-hybridized carbons (Fsp3) is 0.551. The van der Waals surface area contributed by atoms with E-state index in [1.807, 2.05) is 0 Å². The summed E-state index contributed by atoms with van der Waals surface area (Å²) >= 11 is 21.5. The first-order chi connectivity index (χ1) is 59.2. The highest BCUT2D eigenvalue weighted by Crippen LogP contribution is 2.57. The number of hydrogen-bond acceptors (Lipinski definition) is 8. The summed E-state index contributed by atoms with van der Waals surface area (Å²) < 4.78 is 50.0. The van der Waals surface area contributed by atoms with Gasteiger partial charge in [-0.2, -0.15) is 0 Å². The lowest BCUT2D eigenvalue weighted by atomic mass is 9.67. The Morgan fingerprint density at radius 3 is 0.894 bits per heavy atom. The molecule has 13 rings (SSSR count). The molecule has 0 saturated carbocycles. The third-order valence-corrected chi connectivity index (χ3v) is 30.4. The molecule has 3 saturated heterocycles. The maximum absolute atomic E-state index is 6.60. The van der Waals surface area contributed by atoms with Crippen molar-refractivity contribution in [3.05, 3.63) is 225 Å². The molecule has 8 aromatic rings. The molecule has 0 spiro atoms. The van der Waals surface area contributed by atoms with Gasteiger partial charge in [-0.1, -0.05) is 358 Å². The quantitative estimate of drug-likeness (QED) is 0.0276. The second-order valence-corrected chi connectivity index (χ2v) is 43.2. The van der Waals surface area contributed by atoms with Crippen LogP contribution < -0.4 is 15.8 Å². The third kappa shape index (κ3) is 27.9. The first-order valence-corrected chi connectivity index (χ1v) is 52.1. The number of unbranched alkanes of at least 4 members (excludes halogenated alkanes) is 23. The molecule has 8 nitrogen and oxygen atoms in total. The molecule has 0 amide bonds. The lowest BCUT2D eigenvalue weighted by Crippen LogP contribution is -2.45. The molecular formula is C107H145B2Br6NO7. The second kappa shape index (κ2) is 49.5. The van der Waals surface area contributed by atoms with E-state index in [1.54, 1.807) is 11.1 Å². The summed E-state index contributed by atoms with van der Waals surface area (Å²) in [4.78, 5) is 2.23. The van der Waals surface area contributed by atoms with E-state index in [4.69, 9.17) is 32.8 Å². The molecule has 0 N–H and O–H groups in total. The van der Waals surface area contributed by atoms with E-state index < -0.39 is 0 Å². The smallest absolute Gasteiger partial charge is 0.399 e. The van der Waals surface area contributed by atoms with Crippen molar-refractivity contribution < 1.29 is 32.8 Å². The van der Waals surface area contributed by atoms with Crippen LogP contribution >= 0.6 is 95.6 Å². The number of halogens is 6. The maximum Gasteiger partial charge on any atom is 0.494 e. The van der Waals surface area contributed by atoms with Crippen LogP contribution in [0.3, 0.4) is 0 Å². The maximum atomic E-state index is 6.60. The molecule has 3 aliphatic heterocycles. The number of fused-ring (bicyclic) bond motifs is 6. The van der Waals surface area contributed by atoms with Crippen molar-refractivity contribution in [2.75, 3.05) is 37.9 Å². The molecule has 0 radical (unpaired) electrons. The summed E-state index contributed by atoms with van der Waals surface area (Å²) in [7, 11) is -0.731. The Labute approximate surface area is 795 Å². The summed E-state index contributed by atoms with van der Waals surface area (Å²) in [5.41, 5.74) is 17.5. The van der Waals surface area contributed by atoms with Crippen LogP contribution in [0.4, 0.5) is 17.1 Å². The predicted octanol–water partition coefficient (Wildman–Crippen LogP) is 33.4. The summed E-state index contributed by atoms with van der Waals surface area (Å²) in [6, 6.07) is 61.4. The van der Waals surface area contributed by atoms with Gasteiger partial charge in [0.15, 0.2) is 0 Å². The summed E-state index contributed by atoms with van der Waals surface area (Å²) in [6.07, 6.45) is 42.7. The van der Waals surface area contributed by atoms with Crippen molar-refractivity contribution >= 4 is 138 Å². The first-order valence-electron chi connectivity index (χ1n) is 47.3. The highest BCUT2D eigenvalue weighted by Gasteiger charge is 2.55. The number of nitrogens with zero attached hydrogens (tertiary/aromatic N) is 1. The predicted molar refractivity (Wildman–Crippen MR) is 545 cm³/mol. The summed E-state index contributed by atoms with van der Waals surface area (Å²) in [5, 5.41) is 0. The largest absolute Gasteiger partial charge is 0.494 e. The van der Waals surface area contributed by atoms with Gasteiger partial charge in [-0.3, -0.25) is 0 Å². The highest BCUT2D eigenvalue weighted by atomic mass is 79.9. The molecule has 0 aromatic heterocycles. The van der Waals surface area contributed by atoms with E-state index >= 15 is 0 Å². The van der Waals surface area contributed by atoms with Gasteiger partial charge in [0.25, 0.3) is 0 Å². The van der Waals surface area contributed by atoms with Gasteiger partial charge in [0.1, 0.15) is 0 Å². The zero-order valence-corrected chi connectivity index (χ0v) is 86.5. The first kappa shape index (κ1) is 101. The number of benzene rings is 8. The van der Waals surface area contributed by atoms with Crippen LogP contribution in [0.1, 0.15) is 330 Å². The van der Waals surface area contributed by atoms with E-state index in [2.05, 4.69) is 360 Å². The molecule has 5 aliphatic rings. The number of ether oxygens (including phenoxy) is 3. The van der Waals surface area contributed by atoms with Crippen LogP contribution in [-0.4, -0.2) is 69.7 Å². The molecule has 16 heteroatoms. The Morgan fingerprint density at radius 1 is 0.309 bits per heavy atom. The molecule has 3 heterocycles. The van der Waals surface area contributed by atoms with E-state index in [9.17, 15) is 0 Å². The van der Waals surface area contributed by atoms with Gasteiger partial charge in [0, 0.05) is 73.4 Å². The average Bonchev–Trinajstić information content (AvgIpc) is 1.55. The Hall–Kier alpha value is -3.71. The Balaban J connectivity index is 0.000000181. The minimum absolute atomic E-state index is 0.0561. The van der Waals surface area contributed by atoms with Gasteiger partial charge in [-0.25, -0.2) is 0 Å². The minimum atomic E-state index is -0.370. The van der Waals surface area contributed by atoms with E-state index in [-0.39, 0.29) is 47.5 Å². The lowest BCUT2D eigenvalue weighted by molar-refractivity contribution is -0.150. The van der Waals surface area contributed by atoms with Crippen LogP contribution in [0.25, 0.3) is 22.3 Å². The topological polar surface area (TPSA) is 67.9 Å². The zero-order valence-electron chi connectivity index (χ0n) is 77.0. The fourth-order valence-corrected chi connectivity index (χ4v) is 20.0. The monoisotopic (exact) mass is 2050 g/mol. The molecule has 8 aromatic carbocycles. The molecule has 3 fully saturated rings. The third-order valence-electron chi connectivity index (χ3n) is 27.3. The molecular weight excluding hydrogens is 1910 g/mol. The van der Waals surface area contributed by atoms with Gasteiger partial charge in [0.05, 0.1) is 48.8 Å². The van der Waals surface area contributed by atoms with Crippen molar-refractivity contribution in [1.29, 1.82) is 0 Å². The van der Waals surface area contributed by atoms with Crippen LogP contribution in [-0.2, 0) is 50.3 Å². The van der Waals surface area contributed by atoms with Crippen molar-refractivity contribution in [3.8, 4) is 22.3 Å². The van der Waals surface area contributed by atoms with Crippen molar-refractivity contribution in [2.45, 2.75) is 342 Å². The SMILES string of the molecule is Brc1ccc(N(c2ccc(Br)cc2)c2ccc(Br)cc2)cc1.CCC1(COCCCCCCOCc2ccc(Br)cc2)COC1.CCCCCCCCC1(CCCCCCCC)c2cc(B3OC(C)(C)C(C)(C)O3)ccc2-c2ccc(B3OC(C)(C)C(C)(C)O3)cc21.CCCCCCCCC1(CCCCCCCC)c2cc(Br)ccc2-c2ccc(Br)cc21. The van der Waals surface area contributed by atoms with Gasteiger partial charge in [-0.15, -0.1) is 0 Å². The van der Waals surface area contributed by atoms with Crippen molar-refractivity contribution in [1.82, 2.24) is 0 Å². The standard InChI is InChI=1S/C41H64B2O4.C29H40Br2.C19H29BrO3.C18H12Br3N/c1-11-13-15-17-19-21-27-41(28-22-20-18-16-14-12-2)35-29-31(42-44-37(3,4)38(5,6)45-42)23-25-33(35)34-26-24-32(30-36(34)41)43-46-39(7,8)40(9,10)47-43;1-3-5-7-9-11-13-19-29(20-14-12-10-8-6-4-2)27-21-23(30)15-17-25(27)26-18-16-24(31)22-28(26)29;1-2-19(15-23-16-19)14-22-12-6-4-3-5-11-21-13-17-7-9-18(20)10-8-17;19-13-1-7-16(8-2-13)22(17-9-3-14(20)4-10-17)18-11-5-15(21)6-12-18/h23-26,29-30H,11-22,27-28H2,1-10H3;15-18,21-22H,3-14,19-20H2,1-2H3;7-10H,2-6,11-16H2,1H3;1-12H. The Kier molecular flexibility index (Phi) is 40.8. The molecule has 668 valence electrons. The van der Waals surface area contributed by atoms with Crippen molar-refractivity contribution in [2.24, 2.45) is 5.41 Å². The van der Waals surface area contributed by atoms with E-state index in [0.717, 1.165) is 111 Å². The Morgan fingerprint density at radius 2 is 0.585 bits per heavy atom.